The van der Waals surface area contributed by atoms with Crippen LogP contribution in [0.25, 0.3) is 16.7 Å². The summed E-state index contributed by atoms with van der Waals surface area (Å²) in [5.41, 5.74) is 7.64. The molecule has 0 aliphatic carbocycles. The van der Waals surface area contributed by atoms with Crippen molar-refractivity contribution in [2.75, 3.05) is 12.4 Å². The number of rotatable bonds is 2. The lowest BCUT2D eigenvalue weighted by Crippen LogP contribution is -2.32. The minimum absolute atomic E-state index is 0.151. The molecule has 0 aromatic heterocycles. The first kappa shape index (κ1) is 19.7. The third-order valence-electron chi connectivity index (χ3n) is 6.16. The minimum Gasteiger partial charge on any atom is -0.496 e. The molecule has 0 bridgehead atoms. The van der Waals surface area contributed by atoms with Gasteiger partial charge < -0.3 is 14.8 Å². The largest absolute Gasteiger partial charge is 0.496 e. The molecule has 2 heterocycles. The van der Waals surface area contributed by atoms with Crippen LogP contribution in [0.5, 0.6) is 11.5 Å². The minimum atomic E-state index is -0.425. The summed E-state index contributed by atoms with van der Waals surface area (Å²) in [5.74, 6) is 1.27. The summed E-state index contributed by atoms with van der Waals surface area (Å²) in [7, 11) is 1.67. The Balaban J connectivity index is 1.83. The quantitative estimate of drug-likeness (QED) is 0.494. The first-order chi connectivity index (χ1) is 14.8. The van der Waals surface area contributed by atoms with Gasteiger partial charge in [-0.2, -0.15) is 0 Å². The van der Waals surface area contributed by atoms with Gasteiger partial charge in [-0.3, -0.25) is 0 Å². The van der Waals surface area contributed by atoms with Crippen LogP contribution in [0.4, 0.5) is 10.1 Å². The van der Waals surface area contributed by atoms with Gasteiger partial charge in [0.15, 0.2) is 6.10 Å². The second-order valence-corrected chi connectivity index (χ2v) is 8.96. The highest BCUT2D eigenvalue weighted by molar-refractivity contribution is 5.91. The van der Waals surface area contributed by atoms with E-state index in [4.69, 9.17) is 9.47 Å². The molecule has 5 rings (SSSR count). The number of halogens is 1. The molecular weight excluding hydrogens is 389 g/mol. The molecule has 1 unspecified atom stereocenters. The van der Waals surface area contributed by atoms with Gasteiger partial charge in [0.25, 0.3) is 0 Å². The van der Waals surface area contributed by atoms with Crippen molar-refractivity contribution in [1.29, 1.82) is 0 Å². The number of hydrogen-bond acceptors (Lipinski definition) is 3. The van der Waals surface area contributed by atoms with Gasteiger partial charge in [0, 0.05) is 16.8 Å². The first-order valence-corrected chi connectivity index (χ1v) is 10.5. The standard InChI is InChI=1S/C27H26FNO2/c1-15-9-10-17(13-19(15)28)26-25-18(24-21(30-5)7-6-8-22(24)31-26)11-12-20-23(25)16(2)14-27(3,4)29-20/h6-14,26,29H,1-5H3. The zero-order valence-corrected chi connectivity index (χ0v) is 18.5. The Morgan fingerprint density at radius 1 is 1.03 bits per heavy atom. The van der Waals surface area contributed by atoms with E-state index in [2.05, 4.69) is 44.3 Å². The highest BCUT2D eigenvalue weighted by Crippen LogP contribution is 2.53. The van der Waals surface area contributed by atoms with E-state index in [0.29, 0.717) is 5.56 Å². The molecule has 3 aromatic rings. The summed E-state index contributed by atoms with van der Waals surface area (Å²) in [6.45, 7) is 8.21. The van der Waals surface area contributed by atoms with E-state index in [0.717, 1.165) is 45.0 Å². The highest BCUT2D eigenvalue weighted by Gasteiger charge is 2.35. The summed E-state index contributed by atoms with van der Waals surface area (Å²) >= 11 is 0. The van der Waals surface area contributed by atoms with Crippen LogP contribution in [-0.2, 0) is 0 Å². The third-order valence-corrected chi connectivity index (χ3v) is 6.16. The van der Waals surface area contributed by atoms with Gasteiger partial charge in [0.1, 0.15) is 17.3 Å². The van der Waals surface area contributed by atoms with E-state index in [9.17, 15) is 4.39 Å². The molecule has 2 aliphatic rings. The zero-order valence-electron chi connectivity index (χ0n) is 18.5. The van der Waals surface area contributed by atoms with Crippen LogP contribution >= 0.6 is 0 Å². The summed E-state index contributed by atoms with van der Waals surface area (Å²) in [5, 5.41) is 3.62. The molecule has 1 N–H and O–H groups in total. The molecule has 0 spiro atoms. The van der Waals surface area contributed by atoms with Gasteiger partial charge in [-0.1, -0.05) is 30.3 Å². The Kier molecular flexibility index (Phi) is 4.37. The number of methoxy groups -OCH3 is 1. The number of anilines is 1. The molecule has 3 aromatic carbocycles. The fourth-order valence-electron chi connectivity index (χ4n) is 4.87. The fourth-order valence-corrected chi connectivity index (χ4v) is 4.87. The van der Waals surface area contributed by atoms with Gasteiger partial charge in [0.2, 0.25) is 0 Å². The first-order valence-electron chi connectivity index (χ1n) is 10.5. The lowest BCUT2D eigenvalue weighted by molar-refractivity contribution is 0.241. The maximum absolute atomic E-state index is 14.5. The van der Waals surface area contributed by atoms with Crippen LogP contribution in [-0.4, -0.2) is 12.6 Å². The summed E-state index contributed by atoms with van der Waals surface area (Å²) in [4.78, 5) is 0. The fraction of sp³-hybridized carbons (Fsp3) is 0.259. The molecule has 158 valence electrons. The second-order valence-electron chi connectivity index (χ2n) is 8.96. The number of allylic oxidation sites excluding steroid dienone is 1. The Hall–Kier alpha value is -3.27. The number of nitrogens with one attached hydrogen (secondary N) is 1. The molecule has 0 fully saturated rings. The maximum atomic E-state index is 14.5. The number of aryl methyl sites for hydroxylation is 1. The average molecular weight is 416 g/mol. The van der Waals surface area contributed by atoms with Crippen LogP contribution in [0.15, 0.2) is 54.6 Å². The van der Waals surface area contributed by atoms with E-state index in [1.54, 1.807) is 20.1 Å². The lowest BCUT2D eigenvalue weighted by Gasteiger charge is -2.37. The average Bonchev–Trinajstić information content (AvgIpc) is 2.73. The molecule has 2 aliphatic heterocycles. The molecule has 1 atom stereocenters. The van der Waals surface area contributed by atoms with Crippen LogP contribution in [0.1, 0.15) is 49.1 Å². The highest BCUT2D eigenvalue weighted by atomic mass is 19.1. The van der Waals surface area contributed by atoms with E-state index in [1.807, 2.05) is 30.3 Å². The van der Waals surface area contributed by atoms with Crippen LogP contribution in [0.2, 0.25) is 0 Å². The topological polar surface area (TPSA) is 30.5 Å². The lowest BCUT2D eigenvalue weighted by atomic mass is 9.80. The predicted molar refractivity (Wildman–Crippen MR) is 123 cm³/mol. The monoisotopic (exact) mass is 415 g/mol. The predicted octanol–water partition coefficient (Wildman–Crippen LogP) is 6.90. The Bertz CT molecular complexity index is 1240. The molecular formula is C27H26FNO2. The van der Waals surface area contributed by atoms with Crippen LogP contribution in [0.3, 0.4) is 0 Å². The molecule has 0 radical (unpaired) electrons. The van der Waals surface area contributed by atoms with Crippen molar-refractivity contribution >= 4 is 11.3 Å². The van der Waals surface area contributed by atoms with Gasteiger partial charge in [-0.25, -0.2) is 4.39 Å². The van der Waals surface area contributed by atoms with Crippen molar-refractivity contribution in [2.45, 2.75) is 39.3 Å². The van der Waals surface area contributed by atoms with Gasteiger partial charge in [-0.05, 0) is 74.2 Å². The number of ether oxygens (including phenoxy) is 2. The smallest absolute Gasteiger partial charge is 0.150 e. The van der Waals surface area contributed by atoms with E-state index in [-0.39, 0.29) is 11.4 Å². The van der Waals surface area contributed by atoms with Gasteiger partial charge >= 0.3 is 0 Å². The third kappa shape index (κ3) is 3.09. The van der Waals surface area contributed by atoms with Crippen LogP contribution in [0, 0.1) is 12.7 Å². The molecule has 0 saturated heterocycles. The molecule has 0 amide bonds. The van der Waals surface area contributed by atoms with Crippen molar-refractivity contribution in [2.24, 2.45) is 0 Å². The van der Waals surface area contributed by atoms with E-state index < -0.39 is 6.10 Å². The van der Waals surface area contributed by atoms with E-state index >= 15 is 0 Å². The second kappa shape index (κ2) is 6.88. The SMILES string of the molecule is COc1cccc2c1-c1ccc3c(c1C(c1ccc(C)c(F)c1)O2)C(C)=CC(C)(C)N3. The molecule has 0 saturated carbocycles. The van der Waals surface area contributed by atoms with Crippen molar-refractivity contribution < 1.29 is 13.9 Å². The maximum Gasteiger partial charge on any atom is 0.150 e. The number of fused-ring (bicyclic) bond motifs is 5. The van der Waals surface area contributed by atoms with E-state index in [1.165, 1.54) is 5.57 Å². The van der Waals surface area contributed by atoms with Crippen molar-refractivity contribution in [3.05, 3.63) is 82.7 Å². The zero-order chi connectivity index (χ0) is 21.9. The van der Waals surface area contributed by atoms with Gasteiger partial charge in [0.05, 0.1) is 18.2 Å². The molecule has 31 heavy (non-hydrogen) atoms. The molecule has 4 heteroatoms. The Morgan fingerprint density at radius 2 is 1.84 bits per heavy atom. The number of hydrogen-bond donors (Lipinski definition) is 1. The van der Waals surface area contributed by atoms with Gasteiger partial charge in [-0.15, -0.1) is 0 Å². The summed E-state index contributed by atoms with van der Waals surface area (Å²) < 4.78 is 26.8. The Labute approximate surface area is 182 Å². The Morgan fingerprint density at radius 3 is 2.58 bits per heavy atom. The van der Waals surface area contributed by atoms with Crippen molar-refractivity contribution in [3.63, 3.8) is 0 Å². The summed E-state index contributed by atoms with van der Waals surface area (Å²) in [6, 6.07) is 15.4. The van der Waals surface area contributed by atoms with Crippen molar-refractivity contribution in [3.8, 4) is 22.6 Å². The molecule has 3 nitrogen and oxygen atoms in total. The van der Waals surface area contributed by atoms with Crippen LogP contribution < -0.4 is 14.8 Å². The normalized spacial score (nSPS) is 18.0. The van der Waals surface area contributed by atoms with Crippen molar-refractivity contribution in [1.82, 2.24) is 0 Å². The summed E-state index contributed by atoms with van der Waals surface area (Å²) in [6.07, 6.45) is 1.81. The number of benzene rings is 3.